The van der Waals surface area contributed by atoms with Crippen LogP contribution in [0, 0.1) is 0 Å². The van der Waals surface area contributed by atoms with E-state index in [-0.39, 0.29) is 5.69 Å². The molecule has 0 bridgehead atoms. The molecule has 35 heavy (non-hydrogen) atoms. The Morgan fingerprint density at radius 3 is 1.97 bits per heavy atom. The highest BCUT2D eigenvalue weighted by Gasteiger charge is 2.26. The van der Waals surface area contributed by atoms with E-state index < -0.39 is 28.9 Å². The number of rotatable bonds is 4. The average Bonchev–Trinajstić information content (AvgIpc) is 3.09. The second-order valence-corrected chi connectivity index (χ2v) is 11.0. The number of hydrogen-bond acceptors (Lipinski definition) is 6. The molecule has 0 aliphatic rings. The van der Waals surface area contributed by atoms with Crippen molar-refractivity contribution in [1.29, 1.82) is 0 Å². The number of hydrogen-bond donors (Lipinski definition) is 1. The summed E-state index contributed by atoms with van der Waals surface area (Å²) in [5, 5.41) is 7.61. The van der Waals surface area contributed by atoms with E-state index in [0.29, 0.717) is 17.2 Å². The third kappa shape index (κ3) is 6.26. The number of carbonyl (C=O) groups excluding carboxylic acids is 3. The van der Waals surface area contributed by atoms with Crippen molar-refractivity contribution < 1.29 is 23.9 Å². The number of fused-ring (bicyclic) bond motifs is 1. The van der Waals surface area contributed by atoms with E-state index in [1.54, 1.807) is 26.8 Å². The highest BCUT2D eigenvalue weighted by molar-refractivity contribution is 6.00. The number of aromatic nitrogens is 2. The van der Waals surface area contributed by atoms with E-state index in [9.17, 15) is 14.4 Å². The summed E-state index contributed by atoms with van der Waals surface area (Å²) in [5.41, 5.74) is 1.39. The third-order valence-electron chi connectivity index (χ3n) is 5.14. The molecule has 1 aromatic heterocycles. The summed E-state index contributed by atoms with van der Waals surface area (Å²) in [6.07, 6.45) is -0.506. The largest absolute Gasteiger partial charge is 0.444 e. The van der Waals surface area contributed by atoms with Crippen LogP contribution in [0.4, 0.5) is 9.59 Å². The van der Waals surface area contributed by atoms with Crippen LogP contribution in [0.2, 0.25) is 0 Å². The quantitative estimate of drug-likeness (QED) is 0.457. The lowest BCUT2D eigenvalue weighted by molar-refractivity contribution is 0.0467. The van der Waals surface area contributed by atoms with Crippen molar-refractivity contribution in [3.63, 3.8) is 0 Å². The van der Waals surface area contributed by atoms with Crippen molar-refractivity contribution in [3.05, 3.63) is 53.7 Å². The maximum atomic E-state index is 12.6. The summed E-state index contributed by atoms with van der Waals surface area (Å²) < 4.78 is 11.9. The first-order valence-electron chi connectivity index (χ1n) is 11.4. The zero-order chi connectivity index (χ0) is 26.2. The van der Waals surface area contributed by atoms with Crippen molar-refractivity contribution in [2.75, 3.05) is 0 Å². The predicted octanol–water partition coefficient (Wildman–Crippen LogP) is 6.06. The van der Waals surface area contributed by atoms with Crippen molar-refractivity contribution in [1.82, 2.24) is 15.1 Å². The van der Waals surface area contributed by atoms with Crippen LogP contribution < -0.4 is 5.32 Å². The minimum absolute atomic E-state index is 0.159. The van der Waals surface area contributed by atoms with Gasteiger partial charge in [0.2, 0.25) is 0 Å². The first-order chi connectivity index (χ1) is 16.1. The van der Waals surface area contributed by atoms with E-state index in [1.807, 2.05) is 71.0 Å². The van der Waals surface area contributed by atoms with Crippen LogP contribution in [0.3, 0.4) is 0 Å². The summed E-state index contributed by atoms with van der Waals surface area (Å²) in [5.74, 6) is 0. The van der Waals surface area contributed by atoms with Gasteiger partial charge in [-0.15, -0.1) is 0 Å². The molecule has 1 heterocycles. The van der Waals surface area contributed by atoms with Crippen LogP contribution in [-0.4, -0.2) is 39.5 Å². The van der Waals surface area contributed by atoms with Crippen molar-refractivity contribution in [2.24, 2.45) is 0 Å². The number of benzene rings is 2. The maximum absolute atomic E-state index is 12.6. The fourth-order valence-corrected chi connectivity index (χ4v) is 3.56. The second-order valence-electron chi connectivity index (χ2n) is 11.0. The minimum Gasteiger partial charge on any atom is -0.444 e. The normalized spacial score (nSPS) is 12.3. The number of ether oxygens (including phenoxy) is 2. The summed E-state index contributed by atoms with van der Waals surface area (Å²) in [6, 6.07) is 13.2. The van der Waals surface area contributed by atoms with Crippen LogP contribution in [0.5, 0.6) is 0 Å². The Morgan fingerprint density at radius 1 is 0.857 bits per heavy atom. The molecule has 3 aromatic rings. The monoisotopic (exact) mass is 479 g/mol. The zero-order valence-electron chi connectivity index (χ0n) is 21.6. The van der Waals surface area contributed by atoms with Crippen molar-refractivity contribution >= 4 is 29.4 Å². The Bertz CT molecular complexity index is 1260. The Morgan fingerprint density at radius 2 is 1.43 bits per heavy atom. The van der Waals surface area contributed by atoms with Gasteiger partial charge in [-0.2, -0.15) is 9.78 Å². The van der Waals surface area contributed by atoms with Gasteiger partial charge in [-0.1, -0.05) is 30.3 Å². The van der Waals surface area contributed by atoms with E-state index >= 15 is 0 Å². The number of nitrogens with one attached hydrogen (secondary N) is 1. The second kappa shape index (κ2) is 9.17. The number of nitrogens with zero attached hydrogens (tertiary/aromatic N) is 2. The van der Waals surface area contributed by atoms with Crippen LogP contribution in [0.25, 0.3) is 22.0 Å². The fourth-order valence-electron chi connectivity index (χ4n) is 3.56. The fraction of sp³-hybridized carbons (Fsp3) is 0.407. The van der Waals surface area contributed by atoms with E-state index in [4.69, 9.17) is 9.47 Å². The van der Waals surface area contributed by atoms with Gasteiger partial charge in [0.15, 0.2) is 6.29 Å². The summed E-state index contributed by atoms with van der Waals surface area (Å²) >= 11 is 0. The van der Waals surface area contributed by atoms with Gasteiger partial charge in [0.05, 0.1) is 11.1 Å². The molecule has 0 atom stereocenters. The highest BCUT2D eigenvalue weighted by Crippen LogP contribution is 2.29. The van der Waals surface area contributed by atoms with Crippen LogP contribution in [0.1, 0.15) is 71.4 Å². The topological polar surface area (TPSA) is 99.5 Å². The molecule has 186 valence electrons. The van der Waals surface area contributed by atoms with Crippen LogP contribution in [-0.2, 0) is 15.0 Å². The first-order valence-corrected chi connectivity index (χ1v) is 11.4. The minimum atomic E-state index is -0.690. The van der Waals surface area contributed by atoms with Gasteiger partial charge < -0.3 is 14.8 Å². The van der Waals surface area contributed by atoms with Gasteiger partial charge in [-0.25, -0.2) is 9.59 Å². The molecule has 1 N–H and O–H groups in total. The third-order valence-corrected chi connectivity index (χ3v) is 5.14. The van der Waals surface area contributed by atoms with Crippen molar-refractivity contribution in [3.8, 4) is 11.1 Å². The van der Waals surface area contributed by atoms with Gasteiger partial charge in [0, 0.05) is 5.39 Å². The summed E-state index contributed by atoms with van der Waals surface area (Å²) in [6.45, 7) is 14.6. The molecule has 0 spiro atoms. The van der Waals surface area contributed by atoms with Gasteiger partial charge in [-0.05, 0) is 84.2 Å². The molecule has 0 fully saturated rings. The number of alkyl carbamates (subject to hydrolysis) is 1. The van der Waals surface area contributed by atoms with E-state index in [2.05, 4.69) is 10.4 Å². The zero-order valence-corrected chi connectivity index (χ0v) is 21.6. The molecule has 8 nitrogen and oxygen atoms in total. The first kappa shape index (κ1) is 25.9. The molecule has 0 saturated carbocycles. The molecule has 0 radical (unpaired) electrons. The van der Waals surface area contributed by atoms with Gasteiger partial charge >= 0.3 is 12.2 Å². The SMILES string of the molecule is CC(C)(C)OC(=O)NC(C)(C)c1ccc(-c2ccc3c(c2)c(C=O)nn3C(=O)OC(C)(C)C)cc1. The Kier molecular flexibility index (Phi) is 6.79. The summed E-state index contributed by atoms with van der Waals surface area (Å²) in [7, 11) is 0. The van der Waals surface area contributed by atoms with Crippen LogP contribution in [0.15, 0.2) is 42.5 Å². The molecular formula is C27H33N3O5. The van der Waals surface area contributed by atoms with Gasteiger partial charge in [0.1, 0.15) is 16.9 Å². The van der Waals surface area contributed by atoms with Gasteiger partial charge in [0.25, 0.3) is 0 Å². The highest BCUT2D eigenvalue weighted by atomic mass is 16.6. The van der Waals surface area contributed by atoms with Crippen molar-refractivity contribution in [2.45, 2.75) is 72.1 Å². The number of aldehydes is 1. The lowest BCUT2D eigenvalue weighted by atomic mass is 9.92. The molecular weight excluding hydrogens is 446 g/mol. The van der Waals surface area contributed by atoms with E-state index in [1.165, 1.54) is 0 Å². The number of carbonyl (C=O) groups is 3. The Hall–Kier alpha value is -3.68. The molecule has 1 amide bonds. The molecule has 3 rings (SSSR count). The van der Waals surface area contributed by atoms with Crippen LogP contribution >= 0.6 is 0 Å². The standard InChI is InChI=1S/C27H33N3O5/c1-25(2,3)34-23(32)28-27(7,8)19-12-9-17(10-13-19)18-11-14-22-20(15-18)21(16-31)29-30(22)24(33)35-26(4,5)6/h9-16H,1-8H3,(H,28,32). The number of amides is 1. The molecule has 0 unspecified atom stereocenters. The average molecular weight is 480 g/mol. The maximum Gasteiger partial charge on any atom is 0.435 e. The Balaban J connectivity index is 1.89. The molecule has 0 saturated heterocycles. The molecule has 0 aliphatic carbocycles. The van der Waals surface area contributed by atoms with Gasteiger partial charge in [-0.3, -0.25) is 4.79 Å². The lowest BCUT2D eigenvalue weighted by Gasteiger charge is -2.29. The Labute approximate surface area is 205 Å². The molecule has 8 heteroatoms. The smallest absolute Gasteiger partial charge is 0.435 e. The molecule has 2 aromatic carbocycles. The summed E-state index contributed by atoms with van der Waals surface area (Å²) in [4.78, 5) is 36.5. The lowest BCUT2D eigenvalue weighted by Crippen LogP contribution is -2.43. The van der Waals surface area contributed by atoms with E-state index in [0.717, 1.165) is 21.4 Å². The molecule has 0 aliphatic heterocycles. The predicted molar refractivity (Wildman–Crippen MR) is 135 cm³/mol.